The first-order valence-electron chi connectivity index (χ1n) is 14.0. The Balaban J connectivity index is 1.79. The average molecular weight is 499 g/mol. The number of anilines is 3. The van der Waals surface area contributed by atoms with E-state index in [1.165, 1.54) is 50.4 Å². The minimum absolute atomic E-state index is 0.103. The number of hydrogen-bond acceptors (Lipinski definition) is 2. The summed E-state index contributed by atoms with van der Waals surface area (Å²) in [6.45, 7) is 13.7. The lowest BCUT2D eigenvalue weighted by Crippen LogP contribution is -2.24. The maximum absolute atomic E-state index is 9.66. The lowest BCUT2D eigenvalue weighted by molar-refractivity contribution is 0.490. The summed E-state index contributed by atoms with van der Waals surface area (Å²) in [5, 5.41) is 9.66. The van der Waals surface area contributed by atoms with Crippen LogP contribution >= 0.6 is 0 Å². The quantitative estimate of drug-likeness (QED) is 0.253. The molecule has 192 valence electrons. The van der Waals surface area contributed by atoms with Gasteiger partial charge in [-0.15, -0.1) is 0 Å². The zero-order valence-corrected chi connectivity index (χ0v) is 23.5. The van der Waals surface area contributed by atoms with Crippen molar-refractivity contribution in [2.24, 2.45) is 0 Å². The minimum atomic E-state index is -0.103. The van der Waals surface area contributed by atoms with Crippen LogP contribution in [-0.4, -0.2) is 0 Å². The van der Waals surface area contributed by atoms with Crippen molar-refractivity contribution in [2.75, 3.05) is 4.90 Å². The lowest BCUT2D eigenvalue weighted by atomic mass is 9.73. The molecule has 0 unspecified atom stereocenters. The second kappa shape index (κ2) is 10.1. The molecule has 0 amide bonds. The number of fused-ring (bicyclic) bond motifs is 3. The summed E-state index contributed by atoms with van der Waals surface area (Å²) in [4.78, 5) is 2.48. The molecule has 0 heterocycles. The summed E-state index contributed by atoms with van der Waals surface area (Å²) in [6, 6.07) is 33.3. The minimum Gasteiger partial charge on any atom is -0.310 e. The van der Waals surface area contributed by atoms with Crippen molar-refractivity contribution >= 4 is 17.1 Å². The van der Waals surface area contributed by atoms with Crippen LogP contribution in [0.1, 0.15) is 94.0 Å². The first-order chi connectivity index (χ1) is 18.4. The maximum Gasteiger partial charge on any atom is 0.0991 e. The van der Waals surface area contributed by atoms with Crippen molar-refractivity contribution in [1.29, 1.82) is 5.26 Å². The molecule has 0 saturated heterocycles. The zero-order chi connectivity index (χ0) is 27.0. The predicted octanol–water partition coefficient (Wildman–Crippen LogP) is 10.4. The Hall–Kier alpha value is -3.83. The molecule has 0 fully saturated rings. The van der Waals surface area contributed by atoms with Crippen LogP contribution in [0.3, 0.4) is 0 Å². The van der Waals surface area contributed by atoms with E-state index in [-0.39, 0.29) is 5.41 Å². The van der Waals surface area contributed by atoms with Gasteiger partial charge in [0.05, 0.1) is 11.6 Å². The van der Waals surface area contributed by atoms with E-state index in [1.54, 1.807) is 0 Å². The molecule has 2 nitrogen and oxygen atoms in total. The highest BCUT2D eigenvalue weighted by Gasteiger charge is 2.41. The van der Waals surface area contributed by atoms with Gasteiger partial charge in [0.1, 0.15) is 0 Å². The maximum atomic E-state index is 9.66. The topological polar surface area (TPSA) is 27.0 Å². The highest BCUT2D eigenvalue weighted by atomic mass is 15.1. The van der Waals surface area contributed by atoms with Gasteiger partial charge in [0.25, 0.3) is 0 Å². The summed E-state index contributed by atoms with van der Waals surface area (Å²) in [5.41, 5.74) is 12.2. The number of para-hydroxylation sites is 2. The van der Waals surface area contributed by atoms with E-state index in [0.717, 1.165) is 18.4 Å². The van der Waals surface area contributed by atoms with Crippen molar-refractivity contribution < 1.29 is 0 Å². The molecule has 38 heavy (non-hydrogen) atoms. The van der Waals surface area contributed by atoms with Gasteiger partial charge in [-0.1, -0.05) is 90.1 Å². The van der Waals surface area contributed by atoms with Gasteiger partial charge in [-0.25, -0.2) is 0 Å². The van der Waals surface area contributed by atoms with Gasteiger partial charge >= 0.3 is 0 Å². The first kappa shape index (κ1) is 25.8. The van der Waals surface area contributed by atoms with Crippen LogP contribution in [0, 0.1) is 11.3 Å². The van der Waals surface area contributed by atoms with Gasteiger partial charge in [0.2, 0.25) is 0 Å². The van der Waals surface area contributed by atoms with Crippen molar-refractivity contribution in [2.45, 2.75) is 71.6 Å². The molecular weight excluding hydrogens is 460 g/mol. The summed E-state index contributed by atoms with van der Waals surface area (Å²) >= 11 is 0. The van der Waals surface area contributed by atoms with E-state index in [2.05, 4.69) is 131 Å². The third-order valence-electron chi connectivity index (χ3n) is 8.54. The molecule has 0 bridgehead atoms. The first-order valence-corrected chi connectivity index (χ1v) is 14.0. The highest BCUT2D eigenvalue weighted by molar-refractivity contribution is 5.87. The molecule has 0 radical (unpaired) electrons. The molecule has 2 heteroatoms. The molecule has 5 rings (SSSR count). The van der Waals surface area contributed by atoms with Gasteiger partial charge in [-0.05, 0) is 94.5 Å². The number of nitrogens with zero attached hydrogens (tertiary/aromatic N) is 2. The predicted molar refractivity (Wildman–Crippen MR) is 161 cm³/mol. The van der Waals surface area contributed by atoms with E-state index < -0.39 is 0 Å². The number of nitriles is 1. The standard InChI is InChI=1S/C36H38N2/c1-7-36(8-2)32-21-26(23-37)17-19-30(32)31-20-18-27(22-33(31)36)38(34-15-11-9-13-28(34)24(3)4)35-16-12-10-14-29(35)25(5)6/h9-22,24-25H,7-8H2,1-6H3. The van der Waals surface area contributed by atoms with E-state index in [9.17, 15) is 5.26 Å². The van der Waals surface area contributed by atoms with Gasteiger partial charge in [-0.2, -0.15) is 5.26 Å². The van der Waals surface area contributed by atoms with Crippen LogP contribution in [0.15, 0.2) is 84.9 Å². The van der Waals surface area contributed by atoms with E-state index >= 15 is 0 Å². The molecule has 1 aliphatic rings. The van der Waals surface area contributed by atoms with Crippen LogP contribution in [0.2, 0.25) is 0 Å². The fourth-order valence-corrected chi connectivity index (χ4v) is 6.47. The van der Waals surface area contributed by atoms with Crippen LogP contribution < -0.4 is 4.90 Å². The third kappa shape index (κ3) is 4.02. The number of benzene rings is 4. The summed E-state index contributed by atoms with van der Waals surface area (Å²) in [6.07, 6.45) is 1.99. The molecule has 0 saturated carbocycles. The molecule has 0 spiro atoms. The SMILES string of the molecule is CCC1(CC)c2cc(C#N)ccc2-c2ccc(N(c3ccccc3C(C)C)c3ccccc3C(C)C)cc21. The lowest BCUT2D eigenvalue weighted by Gasteiger charge is -2.34. The Labute approximate surface area is 228 Å². The van der Waals surface area contributed by atoms with E-state index in [1.807, 2.05) is 6.07 Å². The van der Waals surface area contributed by atoms with Gasteiger partial charge in [0.15, 0.2) is 0 Å². The smallest absolute Gasteiger partial charge is 0.0991 e. The molecule has 0 aliphatic heterocycles. The van der Waals surface area contributed by atoms with Gasteiger partial charge in [0, 0.05) is 22.5 Å². The van der Waals surface area contributed by atoms with E-state index in [0.29, 0.717) is 11.8 Å². The Morgan fingerprint density at radius 3 is 1.68 bits per heavy atom. The molecule has 0 aromatic heterocycles. The van der Waals surface area contributed by atoms with Crippen molar-refractivity contribution in [3.63, 3.8) is 0 Å². The monoisotopic (exact) mass is 498 g/mol. The average Bonchev–Trinajstić information content (AvgIpc) is 3.22. The summed E-state index contributed by atoms with van der Waals surface area (Å²) in [7, 11) is 0. The number of hydrogen-bond donors (Lipinski definition) is 0. The Morgan fingerprint density at radius 2 is 1.18 bits per heavy atom. The molecule has 0 atom stereocenters. The third-order valence-corrected chi connectivity index (χ3v) is 8.54. The van der Waals surface area contributed by atoms with Crippen LogP contribution in [-0.2, 0) is 5.41 Å². The zero-order valence-electron chi connectivity index (χ0n) is 23.5. The molecule has 1 aliphatic carbocycles. The van der Waals surface area contributed by atoms with Crippen molar-refractivity contribution in [3.8, 4) is 17.2 Å². The number of rotatable bonds is 7. The van der Waals surface area contributed by atoms with Gasteiger partial charge in [-0.3, -0.25) is 0 Å². The largest absolute Gasteiger partial charge is 0.310 e. The molecule has 0 N–H and O–H groups in total. The fourth-order valence-electron chi connectivity index (χ4n) is 6.47. The van der Waals surface area contributed by atoms with Crippen LogP contribution in [0.5, 0.6) is 0 Å². The molecular formula is C36H38N2. The Kier molecular flexibility index (Phi) is 6.89. The van der Waals surface area contributed by atoms with E-state index in [4.69, 9.17) is 0 Å². The molecule has 4 aromatic carbocycles. The van der Waals surface area contributed by atoms with Gasteiger partial charge < -0.3 is 4.90 Å². The highest BCUT2D eigenvalue weighted by Crippen LogP contribution is 2.54. The molecule has 4 aromatic rings. The van der Waals surface area contributed by atoms with Crippen molar-refractivity contribution in [1.82, 2.24) is 0 Å². The van der Waals surface area contributed by atoms with Crippen molar-refractivity contribution in [3.05, 3.63) is 113 Å². The van der Waals surface area contributed by atoms with Crippen LogP contribution in [0.4, 0.5) is 17.1 Å². The Bertz CT molecular complexity index is 1460. The second-order valence-electron chi connectivity index (χ2n) is 11.2. The van der Waals surface area contributed by atoms with Crippen LogP contribution in [0.25, 0.3) is 11.1 Å². The normalized spacial score (nSPS) is 13.3. The second-order valence-corrected chi connectivity index (χ2v) is 11.2. The Morgan fingerprint density at radius 1 is 0.684 bits per heavy atom. The fraction of sp³-hybridized carbons (Fsp3) is 0.306. The summed E-state index contributed by atoms with van der Waals surface area (Å²) < 4.78 is 0. The summed E-state index contributed by atoms with van der Waals surface area (Å²) in [5.74, 6) is 0.793.